The van der Waals surface area contributed by atoms with E-state index in [2.05, 4.69) is 15.9 Å². The molecule has 1 fully saturated rings. The molecule has 1 aromatic heterocycles. The van der Waals surface area contributed by atoms with E-state index >= 15 is 0 Å². The number of ether oxygens (including phenoxy) is 1. The molecule has 26 heavy (non-hydrogen) atoms. The number of rotatable bonds is 5. The zero-order valence-electron chi connectivity index (χ0n) is 13.6. The Labute approximate surface area is 163 Å². The van der Waals surface area contributed by atoms with Crippen molar-refractivity contribution in [3.8, 4) is 5.75 Å². The van der Waals surface area contributed by atoms with Crippen molar-refractivity contribution in [1.82, 2.24) is 9.21 Å². The van der Waals surface area contributed by atoms with Crippen molar-refractivity contribution in [2.45, 2.75) is 4.21 Å². The first-order chi connectivity index (χ1) is 12.4. The number of carbonyl (C=O) groups is 1. The molecule has 0 saturated carbocycles. The zero-order chi connectivity index (χ0) is 18.7. The molecular weight excluding hydrogens is 447 g/mol. The molecule has 2 aromatic rings. The summed E-state index contributed by atoms with van der Waals surface area (Å²) in [6.07, 6.45) is 0. The topological polar surface area (TPSA) is 66.9 Å². The van der Waals surface area contributed by atoms with Gasteiger partial charge in [-0.1, -0.05) is 12.1 Å². The summed E-state index contributed by atoms with van der Waals surface area (Å²) in [5.74, 6) is -0.812. The minimum absolute atomic E-state index is 0.0188. The number of carbonyl (C=O) groups excluding carboxylic acids is 1. The van der Waals surface area contributed by atoms with E-state index in [0.29, 0.717) is 0 Å². The predicted molar refractivity (Wildman–Crippen MR) is 99.3 cm³/mol. The lowest BCUT2D eigenvalue weighted by atomic mass is 10.3. The molecule has 6 nitrogen and oxygen atoms in total. The second-order valence-corrected chi connectivity index (χ2v) is 10.2. The Balaban J connectivity index is 1.55. The molecule has 2 heterocycles. The normalized spacial score (nSPS) is 15.8. The maximum atomic E-state index is 13.5. The van der Waals surface area contributed by atoms with Gasteiger partial charge in [-0.15, -0.1) is 11.3 Å². The SMILES string of the molecule is O=C(COc1ccccc1F)N1CCN(S(=O)(=O)c2ccc(Br)s2)CC1. The summed E-state index contributed by atoms with van der Waals surface area (Å²) in [7, 11) is -3.55. The van der Waals surface area contributed by atoms with Crippen LogP contribution in [0.2, 0.25) is 0 Å². The summed E-state index contributed by atoms with van der Waals surface area (Å²) in [5.41, 5.74) is 0. The third-order valence-corrected chi connectivity index (χ3v) is 7.91. The first kappa shape index (κ1) is 19.3. The Hall–Kier alpha value is -1.49. The van der Waals surface area contributed by atoms with Crippen molar-refractivity contribution in [2.24, 2.45) is 0 Å². The second-order valence-electron chi connectivity index (χ2n) is 5.56. The minimum Gasteiger partial charge on any atom is -0.481 e. The van der Waals surface area contributed by atoms with Crippen LogP contribution in [-0.2, 0) is 14.8 Å². The highest BCUT2D eigenvalue weighted by molar-refractivity contribution is 9.11. The molecule has 0 radical (unpaired) electrons. The number of thiophene rings is 1. The maximum Gasteiger partial charge on any atom is 0.260 e. The van der Waals surface area contributed by atoms with Gasteiger partial charge in [-0.2, -0.15) is 4.31 Å². The van der Waals surface area contributed by atoms with Crippen LogP contribution in [0.4, 0.5) is 4.39 Å². The van der Waals surface area contributed by atoms with Gasteiger partial charge in [-0.25, -0.2) is 12.8 Å². The second kappa shape index (κ2) is 8.03. The van der Waals surface area contributed by atoms with Gasteiger partial charge in [0.15, 0.2) is 18.2 Å². The van der Waals surface area contributed by atoms with E-state index in [1.807, 2.05) is 0 Å². The minimum atomic E-state index is -3.55. The first-order valence-corrected chi connectivity index (χ1v) is 10.8. The van der Waals surface area contributed by atoms with Crippen molar-refractivity contribution in [2.75, 3.05) is 32.8 Å². The summed E-state index contributed by atoms with van der Waals surface area (Å²) in [4.78, 5) is 13.7. The molecule has 1 saturated heterocycles. The number of para-hydroxylation sites is 1. The van der Waals surface area contributed by atoms with E-state index in [0.717, 1.165) is 15.1 Å². The Kier molecular flexibility index (Phi) is 5.96. The molecule has 1 aromatic carbocycles. The average Bonchev–Trinajstić information content (AvgIpc) is 3.08. The molecule has 0 N–H and O–H groups in total. The van der Waals surface area contributed by atoms with Crippen LogP contribution in [0.3, 0.4) is 0 Å². The van der Waals surface area contributed by atoms with Crippen LogP contribution in [0.5, 0.6) is 5.75 Å². The van der Waals surface area contributed by atoms with Crippen LogP contribution in [0, 0.1) is 5.82 Å². The highest BCUT2D eigenvalue weighted by Crippen LogP contribution is 2.29. The van der Waals surface area contributed by atoms with Gasteiger partial charge in [0.25, 0.3) is 15.9 Å². The van der Waals surface area contributed by atoms with Crippen LogP contribution >= 0.6 is 27.3 Å². The van der Waals surface area contributed by atoms with E-state index in [9.17, 15) is 17.6 Å². The van der Waals surface area contributed by atoms with E-state index in [4.69, 9.17) is 4.74 Å². The van der Waals surface area contributed by atoms with Gasteiger partial charge >= 0.3 is 0 Å². The standard InChI is InChI=1S/C16H16BrFN2O4S2/c17-14-5-6-16(25-14)26(22,23)20-9-7-19(8-10-20)15(21)11-24-13-4-2-1-3-12(13)18/h1-6H,7-11H2. The molecule has 0 bridgehead atoms. The monoisotopic (exact) mass is 462 g/mol. The maximum absolute atomic E-state index is 13.5. The number of nitrogens with zero attached hydrogens (tertiary/aromatic N) is 2. The number of sulfonamides is 1. The van der Waals surface area contributed by atoms with Gasteiger partial charge in [0, 0.05) is 26.2 Å². The first-order valence-electron chi connectivity index (χ1n) is 7.78. The lowest BCUT2D eigenvalue weighted by Crippen LogP contribution is -2.51. The molecule has 1 aliphatic rings. The number of hydrogen-bond acceptors (Lipinski definition) is 5. The summed E-state index contributed by atoms with van der Waals surface area (Å²) in [5, 5.41) is 0. The summed E-state index contributed by atoms with van der Waals surface area (Å²) < 4.78 is 46.2. The van der Waals surface area contributed by atoms with Gasteiger partial charge in [0.1, 0.15) is 4.21 Å². The number of hydrogen-bond donors (Lipinski definition) is 0. The number of benzene rings is 1. The molecule has 1 aliphatic heterocycles. The Morgan fingerprint density at radius 3 is 2.46 bits per heavy atom. The van der Waals surface area contributed by atoms with Crippen LogP contribution in [-0.4, -0.2) is 56.3 Å². The fraction of sp³-hybridized carbons (Fsp3) is 0.312. The molecule has 3 rings (SSSR count). The molecule has 0 atom stereocenters. The summed E-state index contributed by atoms with van der Waals surface area (Å²) in [6, 6.07) is 9.12. The lowest BCUT2D eigenvalue weighted by molar-refractivity contribution is -0.134. The molecule has 1 amide bonds. The quantitative estimate of drug-likeness (QED) is 0.684. The van der Waals surface area contributed by atoms with Gasteiger partial charge in [0.2, 0.25) is 0 Å². The average molecular weight is 463 g/mol. The molecule has 0 spiro atoms. The van der Waals surface area contributed by atoms with Gasteiger partial charge in [-0.3, -0.25) is 4.79 Å². The molecular formula is C16H16BrFN2O4S2. The Bertz CT molecular complexity index is 895. The van der Waals surface area contributed by atoms with Crippen molar-refractivity contribution in [3.05, 3.63) is 46.0 Å². The van der Waals surface area contributed by atoms with E-state index in [1.165, 1.54) is 27.4 Å². The highest BCUT2D eigenvalue weighted by atomic mass is 79.9. The lowest BCUT2D eigenvalue weighted by Gasteiger charge is -2.33. The van der Waals surface area contributed by atoms with Crippen molar-refractivity contribution in [3.63, 3.8) is 0 Å². The number of piperazine rings is 1. The van der Waals surface area contributed by atoms with E-state index < -0.39 is 15.8 Å². The van der Waals surface area contributed by atoms with Gasteiger partial charge in [-0.05, 0) is 40.2 Å². The van der Waals surface area contributed by atoms with Crippen LogP contribution in [0.25, 0.3) is 0 Å². The fourth-order valence-corrected chi connectivity index (χ4v) is 6.12. The number of amides is 1. The van der Waals surface area contributed by atoms with Crippen LogP contribution in [0.1, 0.15) is 0 Å². The summed E-state index contributed by atoms with van der Waals surface area (Å²) >= 11 is 4.41. The fourth-order valence-electron chi connectivity index (χ4n) is 2.53. The Morgan fingerprint density at radius 1 is 1.15 bits per heavy atom. The van der Waals surface area contributed by atoms with Gasteiger partial charge < -0.3 is 9.64 Å². The molecule has 0 aliphatic carbocycles. The molecule has 10 heteroatoms. The Morgan fingerprint density at radius 2 is 1.85 bits per heavy atom. The van der Waals surface area contributed by atoms with Crippen LogP contribution in [0.15, 0.2) is 44.4 Å². The summed E-state index contributed by atoms with van der Waals surface area (Å²) in [6.45, 7) is 0.675. The highest BCUT2D eigenvalue weighted by Gasteiger charge is 2.31. The van der Waals surface area contributed by atoms with Gasteiger partial charge in [0.05, 0.1) is 3.79 Å². The largest absolute Gasteiger partial charge is 0.481 e. The number of halogens is 2. The van der Waals surface area contributed by atoms with E-state index in [-0.39, 0.29) is 48.7 Å². The van der Waals surface area contributed by atoms with E-state index in [1.54, 1.807) is 18.2 Å². The van der Waals surface area contributed by atoms with Crippen molar-refractivity contribution >= 4 is 43.2 Å². The molecule has 140 valence electrons. The van der Waals surface area contributed by atoms with Crippen molar-refractivity contribution in [1.29, 1.82) is 0 Å². The smallest absolute Gasteiger partial charge is 0.260 e. The van der Waals surface area contributed by atoms with Crippen molar-refractivity contribution < 1.29 is 22.3 Å². The zero-order valence-corrected chi connectivity index (χ0v) is 16.8. The predicted octanol–water partition coefficient (Wildman–Crippen LogP) is 2.56. The van der Waals surface area contributed by atoms with Crippen LogP contribution < -0.4 is 4.74 Å². The third kappa shape index (κ3) is 4.25. The third-order valence-electron chi connectivity index (χ3n) is 3.92. The molecule has 0 unspecified atom stereocenters.